The highest BCUT2D eigenvalue weighted by molar-refractivity contribution is 5.97. The van der Waals surface area contributed by atoms with Gasteiger partial charge in [-0.3, -0.25) is 0 Å². The van der Waals surface area contributed by atoms with Gasteiger partial charge in [-0.1, -0.05) is 0 Å². The number of carboxylic acids is 1. The van der Waals surface area contributed by atoms with Crippen LogP contribution in [0.1, 0.15) is 19.4 Å². The van der Waals surface area contributed by atoms with Crippen LogP contribution in [0.4, 0.5) is 5.69 Å². The molecule has 1 heterocycles. The summed E-state index contributed by atoms with van der Waals surface area (Å²) in [6.45, 7) is 5.73. The minimum atomic E-state index is -1.39. The van der Waals surface area contributed by atoms with Crippen molar-refractivity contribution in [3.05, 3.63) is 45.8 Å². The standard InChI is InChI=1S/C17H16N2O4/c1-3-19(4-2)14-6-5-11-7-12(8-13(10-18)16(20)21)17(22)23-15(11)9-14/h5-9H,3-4H2,1-2H3,(H,20,21). The monoisotopic (exact) mass is 312 g/mol. The van der Waals surface area contributed by atoms with E-state index in [-0.39, 0.29) is 5.56 Å². The lowest BCUT2D eigenvalue weighted by molar-refractivity contribution is -0.132. The van der Waals surface area contributed by atoms with E-state index in [1.54, 1.807) is 12.1 Å². The Morgan fingerprint density at radius 2 is 2.04 bits per heavy atom. The maximum Gasteiger partial charge on any atom is 0.346 e. The lowest BCUT2D eigenvalue weighted by Gasteiger charge is -2.20. The van der Waals surface area contributed by atoms with E-state index in [0.29, 0.717) is 11.0 Å². The Kier molecular flexibility index (Phi) is 4.82. The van der Waals surface area contributed by atoms with Crippen molar-refractivity contribution in [3.8, 4) is 6.07 Å². The van der Waals surface area contributed by atoms with E-state index in [2.05, 4.69) is 4.90 Å². The molecule has 0 aliphatic rings. The van der Waals surface area contributed by atoms with Crippen molar-refractivity contribution in [1.82, 2.24) is 0 Å². The fourth-order valence-electron chi connectivity index (χ4n) is 2.30. The molecule has 1 aromatic heterocycles. The summed E-state index contributed by atoms with van der Waals surface area (Å²) in [4.78, 5) is 25.0. The summed E-state index contributed by atoms with van der Waals surface area (Å²) < 4.78 is 5.27. The molecule has 0 saturated heterocycles. The molecule has 0 aliphatic carbocycles. The van der Waals surface area contributed by atoms with Crippen LogP contribution in [-0.2, 0) is 4.79 Å². The van der Waals surface area contributed by atoms with Crippen LogP contribution in [0.5, 0.6) is 0 Å². The summed E-state index contributed by atoms with van der Waals surface area (Å²) >= 11 is 0. The Balaban J connectivity index is 2.56. The van der Waals surface area contributed by atoms with Gasteiger partial charge >= 0.3 is 11.6 Å². The molecule has 118 valence electrons. The molecule has 2 aromatic rings. The lowest BCUT2D eigenvalue weighted by atomic mass is 10.1. The van der Waals surface area contributed by atoms with Gasteiger partial charge in [0.15, 0.2) is 0 Å². The summed E-state index contributed by atoms with van der Waals surface area (Å²) in [5.41, 5.74) is 0.203. The van der Waals surface area contributed by atoms with Crippen LogP contribution in [0.3, 0.4) is 0 Å². The molecule has 0 unspecified atom stereocenters. The van der Waals surface area contributed by atoms with Crippen molar-refractivity contribution in [2.75, 3.05) is 18.0 Å². The number of hydrogen-bond donors (Lipinski definition) is 1. The second-order valence-corrected chi connectivity index (χ2v) is 4.86. The van der Waals surface area contributed by atoms with E-state index >= 15 is 0 Å². The van der Waals surface area contributed by atoms with Gasteiger partial charge in [-0.05, 0) is 38.1 Å². The number of fused-ring (bicyclic) bond motifs is 1. The second-order valence-electron chi connectivity index (χ2n) is 4.86. The number of carbonyl (C=O) groups is 1. The predicted molar refractivity (Wildman–Crippen MR) is 87.3 cm³/mol. The molecule has 0 fully saturated rings. The number of carboxylic acid groups (broad SMARTS) is 1. The maximum atomic E-state index is 12.0. The van der Waals surface area contributed by atoms with Gasteiger partial charge in [-0.15, -0.1) is 0 Å². The van der Waals surface area contributed by atoms with Crippen molar-refractivity contribution in [1.29, 1.82) is 5.26 Å². The summed E-state index contributed by atoms with van der Waals surface area (Å²) in [7, 11) is 0. The van der Waals surface area contributed by atoms with Gasteiger partial charge < -0.3 is 14.4 Å². The van der Waals surface area contributed by atoms with Crippen molar-refractivity contribution < 1.29 is 14.3 Å². The van der Waals surface area contributed by atoms with Crippen LogP contribution < -0.4 is 10.5 Å². The normalized spacial score (nSPS) is 11.3. The molecule has 1 N–H and O–H groups in total. The van der Waals surface area contributed by atoms with E-state index in [1.165, 1.54) is 12.1 Å². The first kappa shape index (κ1) is 16.3. The Labute approximate surface area is 132 Å². The third kappa shape index (κ3) is 3.40. The second kappa shape index (κ2) is 6.79. The topological polar surface area (TPSA) is 94.5 Å². The van der Waals surface area contributed by atoms with Gasteiger partial charge in [0.05, 0.1) is 5.56 Å². The molecule has 0 aliphatic heterocycles. The molecule has 23 heavy (non-hydrogen) atoms. The van der Waals surface area contributed by atoms with Crippen LogP contribution >= 0.6 is 0 Å². The quantitative estimate of drug-likeness (QED) is 0.518. The van der Waals surface area contributed by atoms with Crippen molar-refractivity contribution in [2.24, 2.45) is 0 Å². The van der Waals surface area contributed by atoms with Crippen LogP contribution in [-0.4, -0.2) is 24.2 Å². The fourth-order valence-corrected chi connectivity index (χ4v) is 2.30. The van der Waals surface area contributed by atoms with Crippen LogP contribution in [0.25, 0.3) is 17.0 Å². The number of nitriles is 1. The van der Waals surface area contributed by atoms with Crippen LogP contribution in [0.2, 0.25) is 0 Å². The molecular formula is C17H16N2O4. The zero-order valence-electron chi connectivity index (χ0n) is 12.9. The SMILES string of the molecule is CCN(CC)c1ccc2cc(C=C(C#N)C(=O)O)c(=O)oc2c1. The minimum Gasteiger partial charge on any atom is -0.477 e. The Bertz CT molecular complexity index is 870. The third-order valence-electron chi connectivity index (χ3n) is 3.53. The molecule has 0 saturated carbocycles. The number of nitrogens with zero attached hydrogens (tertiary/aromatic N) is 2. The number of anilines is 1. The smallest absolute Gasteiger partial charge is 0.346 e. The molecule has 0 radical (unpaired) electrons. The number of benzene rings is 1. The summed E-state index contributed by atoms with van der Waals surface area (Å²) in [5.74, 6) is -1.39. The molecule has 0 atom stereocenters. The highest BCUT2D eigenvalue weighted by Crippen LogP contribution is 2.22. The van der Waals surface area contributed by atoms with Gasteiger partial charge in [-0.25, -0.2) is 9.59 Å². The zero-order chi connectivity index (χ0) is 17.0. The predicted octanol–water partition coefficient (Wildman–Crippen LogP) is 2.63. The van der Waals surface area contributed by atoms with Gasteiger partial charge in [-0.2, -0.15) is 5.26 Å². The first-order chi connectivity index (χ1) is 11.0. The average molecular weight is 312 g/mol. The van der Waals surface area contributed by atoms with E-state index in [4.69, 9.17) is 14.8 Å². The first-order valence-corrected chi connectivity index (χ1v) is 7.18. The van der Waals surface area contributed by atoms with Gasteiger partial charge in [0.2, 0.25) is 0 Å². The van der Waals surface area contributed by atoms with Gasteiger partial charge in [0.1, 0.15) is 17.2 Å². The van der Waals surface area contributed by atoms with Crippen molar-refractivity contribution in [2.45, 2.75) is 13.8 Å². The lowest BCUT2D eigenvalue weighted by Crippen LogP contribution is -2.21. The van der Waals surface area contributed by atoms with E-state index in [1.807, 2.05) is 19.9 Å². The van der Waals surface area contributed by atoms with Crippen LogP contribution in [0, 0.1) is 11.3 Å². The molecule has 0 amide bonds. The molecule has 6 nitrogen and oxygen atoms in total. The summed E-state index contributed by atoms with van der Waals surface area (Å²) in [5, 5.41) is 18.3. The molecule has 6 heteroatoms. The number of rotatable bonds is 5. The zero-order valence-corrected chi connectivity index (χ0v) is 12.9. The van der Waals surface area contributed by atoms with Crippen molar-refractivity contribution >= 4 is 28.7 Å². The maximum absolute atomic E-state index is 12.0. The van der Waals surface area contributed by atoms with Crippen molar-refractivity contribution in [3.63, 3.8) is 0 Å². The molecular weight excluding hydrogens is 296 g/mol. The third-order valence-corrected chi connectivity index (χ3v) is 3.53. The molecule has 0 bridgehead atoms. The molecule has 2 rings (SSSR count). The number of hydrogen-bond acceptors (Lipinski definition) is 5. The Morgan fingerprint density at radius 3 is 2.61 bits per heavy atom. The largest absolute Gasteiger partial charge is 0.477 e. The van der Waals surface area contributed by atoms with Gasteiger partial charge in [0.25, 0.3) is 0 Å². The Morgan fingerprint density at radius 1 is 1.35 bits per heavy atom. The van der Waals surface area contributed by atoms with Gasteiger partial charge in [0, 0.05) is 30.2 Å². The van der Waals surface area contributed by atoms with E-state index < -0.39 is 17.2 Å². The highest BCUT2D eigenvalue weighted by atomic mass is 16.4. The molecule has 0 spiro atoms. The highest BCUT2D eigenvalue weighted by Gasteiger charge is 2.11. The average Bonchev–Trinajstić information content (AvgIpc) is 2.53. The van der Waals surface area contributed by atoms with E-state index in [9.17, 15) is 9.59 Å². The first-order valence-electron chi connectivity index (χ1n) is 7.18. The van der Waals surface area contributed by atoms with E-state index in [0.717, 1.165) is 24.9 Å². The Hall–Kier alpha value is -3.07. The minimum absolute atomic E-state index is 0.0343. The summed E-state index contributed by atoms with van der Waals surface area (Å²) in [6.07, 6.45) is 1.02. The number of aliphatic carboxylic acids is 1. The summed E-state index contributed by atoms with van der Waals surface area (Å²) in [6, 6.07) is 8.55. The fraction of sp³-hybridized carbons (Fsp3) is 0.235. The van der Waals surface area contributed by atoms with Crippen LogP contribution in [0.15, 0.2) is 39.1 Å². The molecule has 1 aromatic carbocycles.